The van der Waals surface area contributed by atoms with E-state index in [1.165, 1.54) is 0 Å². The highest BCUT2D eigenvalue weighted by molar-refractivity contribution is 5.07. The smallest absolute Gasteiger partial charge is 0.0973 e. The van der Waals surface area contributed by atoms with Crippen molar-refractivity contribution in [3.05, 3.63) is 11.6 Å². The standard InChI is InChI=1S/C12H22O3.C5H10O.C2H6/c1-8(2)10-11(14-4)9(13-3)5-6-12(10)7-15-12;1-5(2)3-4-6;1-2/h8-11H,5-7H2,1-4H3;3,6H,4H2,1-2H3;1-2H3/t9?,10?,11?,12-;;/m0../s1. The minimum absolute atomic E-state index is 0.115. The predicted octanol–water partition coefficient (Wildman–Crippen LogP) is 3.82. The molecular formula is C19H38O4. The maximum atomic E-state index is 8.16. The topological polar surface area (TPSA) is 51.2 Å². The van der Waals surface area contributed by atoms with Gasteiger partial charge in [-0.15, -0.1) is 0 Å². The van der Waals surface area contributed by atoms with Crippen LogP contribution in [0.15, 0.2) is 11.6 Å². The summed E-state index contributed by atoms with van der Waals surface area (Å²) in [6, 6.07) is 0. The molecule has 4 atom stereocenters. The number of hydrogen-bond acceptors (Lipinski definition) is 4. The number of hydrogen-bond donors (Lipinski definition) is 1. The van der Waals surface area contributed by atoms with Crippen LogP contribution in [-0.2, 0) is 14.2 Å². The van der Waals surface area contributed by atoms with Crippen molar-refractivity contribution >= 4 is 0 Å². The second-order valence-electron chi connectivity index (χ2n) is 6.60. The maximum Gasteiger partial charge on any atom is 0.0973 e. The van der Waals surface area contributed by atoms with Crippen LogP contribution < -0.4 is 0 Å². The van der Waals surface area contributed by atoms with E-state index in [0.29, 0.717) is 11.8 Å². The molecule has 4 nitrogen and oxygen atoms in total. The fourth-order valence-electron chi connectivity index (χ4n) is 3.40. The molecule has 1 aliphatic heterocycles. The lowest BCUT2D eigenvalue weighted by molar-refractivity contribution is -0.122. The summed E-state index contributed by atoms with van der Waals surface area (Å²) in [5, 5.41) is 8.16. The van der Waals surface area contributed by atoms with Crippen LogP contribution >= 0.6 is 0 Å². The summed E-state index contributed by atoms with van der Waals surface area (Å²) < 4.78 is 16.9. The van der Waals surface area contributed by atoms with Gasteiger partial charge in [-0.2, -0.15) is 0 Å². The van der Waals surface area contributed by atoms with Crippen LogP contribution in [0.1, 0.15) is 54.4 Å². The minimum Gasteiger partial charge on any atom is -0.392 e. The van der Waals surface area contributed by atoms with Gasteiger partial charge in [-0.3, -0.25) is 0 Å². The monoisotopic (exact) mass is 330 g/mol. The van der Waals surface area contributed by atoms with Crippen LogP contribution in [0.25, 0.3) is 0 Å². The van der Waals surface area contributed by atoms with Crippen molar-refractivity contribution < 1.29 is 19.3 Å². The quantitative estimate of drug-likeness (QED) is 0.629. The molecule has 2 rings (SSSR count). The van der Waals surface area contributed by atoms with Gasteiger partial charge < -0.3 is 19.3 Å². The van der Waals surface area contributed by atoms with E-state index in [4.69, 9.17) is 19.3 Å². The number of methoxy groups -OCH3 is 2. The van der Waals surface area contributed by atoms with Gasteiger partial charge in [0.25, 0.3) is 0 Å². The number of allylic oxidation sites excluding steroid dienone is 1. The second kappa shape index (κ2) is 11.2. The first-order valence-electron chi connectivity index (χ1n) is 8.85. The fraction of sp³-hybridized carbons (Fsp3) is 0.895. The Morgan fingerprint density at radius 3 is 2.09 bits per heavy atom. The van der Waals surface area contributed by atoms with E-state index in [1.807, 2.05) is 27.7 Å². The fourth-order valence-corrected chi connectivity index (χ4v) is 3.40. The van der Waals surface area contributed by atoms with Gasteiger partial charge in [0.05, 0.1) is 31.0 Å². The van der Waals surface area contributed by atoms with Crippen LogP contribution in [0.5, 0.6) is 0 Å². The van der Waals surface area contributed by atoms with E-state index < -0.39 is 0 Å². The first kappa shape index (κ1) is 22.6. The van der Waals surface area contributed by atoms with E-state index in [2.05, 4.69) is 13.8 Å². The van der Waals surface area contributed by atoms with Gasteiger partial charge in [0.2, 0.25) is 0 Å². The van der Waals surface area contributed by atoms with Crippen LogP contribution in [0.3, 0.4) is 0 Å². The molecule has 1 saturated carbocycles. The largest absolute Gasteiger partial charge is 0.392 e. The summed E-state index contributed by atoms with van der Waals surface area (Å²) in [5.74, 6) is 1.05. The summed E-state index contributed by atoms with van der Waals surface area (Å²) in [6.45, 7) is 13.5. The van der Waals surface area contributed by atoms with E-state index >= 15 is 0 Å². The van der Waals surface area contributed by atoms with E-state index in [0.717, 1.165) is 25.0 Å². The molecule has 1 aliphatic carbocycles. The third-order valence-corrected chi connectivity index (χ3v) is 4.49. The van der Waals surface area contributed by atoms with Crippen molar-refractivity contribution in [1.29, 1.82) is 0 Å². The Morgan fingerprint density at radius 1 is 1.26 bits per heavy atom. The molecule has 0 aromatic heterocycles. The van der Waals surface area contributed by atoms with E-state index in [-0.39, 0.29) is 24.4 Å². The van der Waals surface area contributed by atoms with Gasteiger partial charge in [0, 0.05) is 20.1 Å². The maximum absolute atomic E-state index is 8.16. The molecule has 0 radical (unpaired) electrons. The molecule has 23 heavy (non-hydrogen) atoms. The average Bonchev–Trinajstić information content (AvgIpc) is 3.29. The van der Waals surface area contributed by atoms with Crippen molar-refractivity contribution in [2.24, 2.45) is 11.8 Å². The van der Waals surface area contributed by atoms with Crippen molar-refractivity contribution in [3.63, 3.8) is 0 Å². The minimum atomic E-state index is 0.115. The molecule has 2 aliphatic rings. The van der Waals surface area contributed by atoms with Crippen LogP contribution in [0.2, 0.25) is 0 Å². The lowest BCUT2D eigenvalue weighted by Crippen LogP contribution is -2.51. The Hall–Kier alpha value is -0.420. The molecule has 2 fully saturated rings. The van der Waals surface area contributed by atoms with Crippen LogP contribution in [-0.4, -0.2) is 50.3 Å². The molecule has 0 bridgehead atoms. The third kappa shape index (κ3) is 6.54. The van der Waals surface area contributed by atoms with Gasteiger partial charge in [-0.1, -0.05) is 39.3 Å². The van der Waals surface area contributed by atoms with Crippen LogP contribution in [0.4, 0.5) is 0 Å². The van der Waals surface area contributed by atoms with Crippen molar-refractivity contribution in [2.45, 2.75) is 72.2 Å². The van der Waals surface area contributed by atoms with Crippen molar-refractivity contribution in [1.82, 2.24) is 0 Å². The number of aliphatic hydroxyl groups is 1. The first-order valence-corrected chi connectivity index (χ1v) is 8.85. The number of aliphatic hydroxyl groups excluding tert-OH is 1. The number of epoxide rings is 1. The van der Waals surface area contributed by atoms with Gasteiger partial charge in [0.15, 0.2) is 0 Å². The predicted molar refractivity (Wildman–Crippen MR) is 95.7 cm³/mol. The molecule has 1 spiro atoms. The average molecular weight is 331 g/mol. The lowest BCUT2D eigenvalue weighted by Gasteiger charge is -2.42. The SMILES string of the molecule is CC.CC(C)=CCO.COC1CC[C@]2(CO2)C(C(C)C)C1OC. The molecule has 0 aromatic carbocycles. The Kier molecular flexibility index (Phi) is 11.0. The molecule has 3 unspecified atom stereocenters. The molecular weight excluding hydrogens is 292 g/mol. The summed E-state index contributed by atoms with van der Waals surface area (Å²) in [7, 11) is 3.56. The molecule has 138 valence electrons. The summed E-state index contributed by atoms with van der Waals surface area (Å²) in [6.07, 6.45) is 4.36. The molecule has 1 saturated heterocycles. The zero-order chi connectivity index (χ0) is 18.0. The van der Waals surface area contributed by atoms with Crippen molar-refractivity contribution in [3.8, 4) is 0 Å². The highest BCUT2D eigenvalue weighted by atomic mass is 16.6. The summed E-state index contributed by atoms with van der Waals surface area (Å²) >= 11 is 0. The molecule has 1 N–H and O–H groups in total. The molecule has 1 heterocycles. The molecule has 0 amide bonds. The van der Waals surface area contributed by atoms with Gasteiger partial charge in [0.1, 0.15) is 0 Å². The summed E-state index contributed by atoms with van der Waals surface area (Å²) in [5.41, 5.74) is 1.28. The number of rotatable bonds is 4. The van der Waals surface area contributed by atoms with Gasteiger partial charge in [-0.25, -0.2) is 0 Å². The normalized spacial score (nSPS) is 31.7. The Balaban J connectivity index is 0.000000515. The third-order valence-electron chi connectivity index (χ3n) is 4.49. The van der Waals surface area contributed by atoms with E-state index in [9.17, 15) is 0 Å². The zero-order valence-electron chi connectivity index (χ0n) is 16.4. The highest BCUT2D eigenvalue weighted by Gasteiger charge is 2.59. The van der Waals surface area contributed by atoms with Crippen molar-refractivity contribution in [2.75, 3.05) is 27.4 Å². The highest BCUT2D eigenvalue weighted by Crippen LogP contribution is 2.50. The molecule has 0 aromatic rings. The Labute approximate surface area is 143 Å². The lowest BCUT2D eigenvalue weighted by atomic mass is 9.70. The zero-order valence-corrected chi connectivity index (χ0v) is 16.4. The second-order valence-corrected chi connectivity index (χ2v) is 6.60. The van der Waals surface area contributed by atoms with E-state index in [1.54, 1.807) is 20.3 Å². The van der Waals surface area contributed by atoms with Gasteiger partial charge >= 0.3 is 0 Å². The number of ether oxygens (including phenoxy) is 3. The first-order chi connectivity index (χ1) is 10.9. The summed E-state index contributed by atoms with van der Waals surface area (Å²) in [4.78, 5) is 0. The van der Waals surface area contributed by atoms with Crippen LogP contribution in [0, 0.1) is 11.8 Å². The Bertz CT molecular complexity index is 330. The van der Waals surface area contributed by atoms with Gasteiger partial charge in [-0.05, 0) is 32.6 Å². The molecule has 4 heteroatoms. The Morgan fingerprint density at radius 2 is 1.83 bits per heavy atom.